The Morgan fingerprint density at radius 2 is 1.83 bits per heavy atom. The predicted molar refractivity (Wildman–Crippen MR) is 118 cm³/mol. The summed E-state index contributed by atoms with van der Waals surface area (Å²) >= 11 is 0. The summed E-state index contributed by atoms with van der Waals surface area (Å²) in [4.78, 5) is 4.77. The Morgan fingerprint density at radius 3 is 2.40 bits per heavy atom. The molecule has 30 heavy (non-hydrogen) atoms. The molecule has 0 saturated heterocycles. The van der Waals surface area contributed by atoms with Gasteiger partial charge in [-0.15, -0.1) is 0 Å². The predicted octanol–water partition coefficient (Wildman–Crippen LogP) is 5.63. The van der Waals surface area contributed by atoms with E-state index in [2.05, 4.69) is 10.0 Å². The Labute approximate surface area is 177 Å². The molecule has 2 rings (SSSR count). The second kappa shape index (κ2) is 10.0. The lowest BCUT2D eigenvalue weighted by molar-refractivity contribution is 0.223. The zero-order valence-corrected chi connectivity index (χ0v) is 17.6. The molecule has 1 aromatic rings. The SMILES string of the molecule is CN(CCN=[N+]=[N-])c1ccc(/C=C/C2=CC(=C(C#N)C#N)C=C(C(C)(C)C)O2)cc1. The molecule has 0 bridgehead atoms. The van der Waals surface area contributed by atoms with Gasteiger partial charge in [-0.3, -0.25) is 0 Å². The van der Waals surface area contributed by atoms with Crippen LogP contribution in [0.2, 0.25) is 0 Å². The molecule has 1 heterocycles. The van der Waals surface area contributed by atoms with E-state index >= 15 is 0 Å². The van der Waals surface area contributed by atoms with Crippen molar-refractivity contribution >= 4 is 11.8 Å². The number of azide groups is 1. The standard InChI is InChI=1S/C23H24N6O/c1-23(2,3)22-14-18(19(15-24)16-25)13-21(30-22)10-7-17-5-8-20(9-6-17)29(4)12-11-27-28-26/h5-10,13-14H,11-12H2,1-4H3/b10-7+. The first kappa shape index (κ1) is 22.4. The van der Waals surface area contributed by atoms with Crippen molar-refractivity contribution in [3.63, 3.8) is 0 Å². The van der Waals surface area contributed by atoms with E-state index in [1.807, 2.05) is 81.3 Å². The van der Waals surface area contributed by atoms with Crippen molar-refractivity contribution in [1.29, 1.82) is 10.5 Å². The number of likely N-dealkylation sites (N-methyl/N-ethyl adjacent to an activating group) is 1. The van der Waals surface area contributed by atoms with E-state index in [9.17, 15) is 10.5 Å². The van der Waals surface area contributed by atoms with Crippen molar-refractivity contribution in [3.05, 3.63) is 81.2 Å². The van der Waals surface area contributed by atoms with E-state index in [4.69, 9.17) is 10.3 Å². The van der Waals surface area contributed by atoms with Gasteiger partial charge in [0.1, 0.15) is 29.2 Å². The smallest absolute Gasteiger partial charge is 0.137 e. The molecule has 1 aliphatic heterocycles. The van der Waals surface area contributed by atoms with Crippen molar-refractivity contribution in [2.75, 3.05) is 25.0 Å². The second-order valence-electron chi connectivity index (χ2n) is 7.76. The van der Waals surface area contributed by atoms with Crippen LogP contribution in [-0.4, -0.2) is 20.1 Å². The Kier molecular flexibility index (Phi) is 7.47. The average molecular weight is 400 g/mol. The maximum absolute atomic E-state index is 9.23. The molecule has 7 nitrogen and oxygen atoms in total. The van der Waals surface area contributed by atoms with Gasteiger partial charge in [-0.2, -0.15) is 10.5 Å². The largest absolute Gasteiger partial charge is 0.461 e. The first-order valence-electron chi connectivity index (χ1n) is 9.45. The van der Waals surface area contributed by atoms with Gasteiger partial charge in [0.2, 0.25) is 0 Å². The van der Waals surface area contributed by atoms with Crippen molar-refractivity contribution in [3.8, 4) is 12.1 Å². The van der Waals surface area contributed by atoms with Crippen LogP contribution < -0.4 is 4.90 Å². The fraction of sp³-hybridized carbons (Fsp3) is 0.304. The molecule has 0 N–H and O–H groups in total. The summed E-state index contributed by atoms with van der Waals surface area (Å²) in [5.74, 6) is 1.26. The Bertz CT molecular complexity index is 1020. The number of allylic oxidation sites excluding steroid dienone is 6. The lowest BCUT2D eigenvalue weighted by Gasteiger charge is -2.26. The van der Waals surface area contributed by atoms with Gasteiger partial charge in [0.05, 0.1) is 0 Å². The molecule has 0 spiro atoms. The third kappa shape index (κ3) is 6.04. The minimum atomic E-state index is -0.267. The number of rotatable bonds is 6. The van der Waals surface area contributed by atoms with Crippen LogP contribution >= 0.6 is 0 Å². The molecule has 0 amide bonds. The summed E-state index contributed by atoms with van der Waals surface area (Å²) in [5.41, 5.74) is 10.7. The fourth-order valence-corrected chi connectivity index (χ4v) is 2.66. The van der Waals surface area contributed by atoms with Gasteiger partial charge in [0.15, 0.2) is 0 Å². The number of hydrogen-bond acceptors (Lipinski definition) is 5. The lowest BCUT2D eigenvalue weighted by Crippen LogP contribution is -2.20. The highest BCUT2D eigenvalue weighted by Crippen LogP contribution is 2.34. The highest BCUT2D eigenvalue weighted by molar-refractivity contribution is 5.59. The highest BCUT2D eigenvalue weighted by atomic mass is 16.5. The summed E-state index contributed by atoms with van der Waals surface area (Å²) in [5, 5.41) is 22.0. The minimum absolute atomic E-state index is 0.0547. The lowest BCUT2D eigenvalue weighted by atomic mass is 9.90. The van der Waals surface area contributed by atoms with Crippen molar-refractivity contribution < 1.29 is 4.74 Å². The van der Waals surface area contributed by atoms with E-state index in [1.54, 1.807) is 12.2 Å². The van der Waals surface area contributed by atoms with E-state index in [0.717, 1.165) is 11.3 Å². The van der Waals surface area contributed by atoms with Crippen LogP contribution in [0.1, 0.15) is 26.3 Å². The maximum Gasteiger partial charge on any atom is 0.137 e. The van der Waals surface area contributed by atoms with Crippen LogP contribution in [0.3, 0.4) is 0 Å². The molecule has 0 radical (unpaired) electrons. The molecule has 0 unspecified atom stereocenters. The second-order valence-corrected chi connectivity index (χ2v) is 7.76. The molecular weight excluding hydrogens is 376 g/mol. The molecule has 1 aromatic carbocycles. The monoisotopic (exact) mass is 400 g/mol. The van der Waals surface area contributed by atoms with Gasteiger partial charge >= 0.3 is 0 Å². The van der Waals surface area contributed by atoms with E-state index in [0.29, 0.717) is 30.2 Å². The zero-order chi connectivity index (χ0) is 22.1. The molecule has 1 aliphatic rings. The van der Waals surface area contributed by atoms with E-state index in [1.165, 1.54) is 0 Å². The number of nitriles is 2. The minimum Gasteiger partial charge on any atom is -0.461 e. The van der Waals surface area contributed by atoms with Gasteiger partial charge in [-0.1, -0.05) is 44.1 Å². The number of benzene rings is 1. The van der Waals surface area contributed by atoms with Crippen LogP contribution in [0, 0.1) is 28.1 Å². The van der Waals surface area contributed by atoms with Crippen molar-refractivity contribution in [1.82, 2.24) is 0 Å². The third-order valence-electron chi connectivity index (χ3n) is 4.44. The molecule has 0 atom stereocenters. The average Bonchev–Trinajstić information content (AvgIpc) is 2.73. The molecule has 0 fully saturated rings. The Morgan fingerprint density at radius 1 is 1.17 bits per heavy atom. The molecule has 152 valence electrons. The van der Waals surface area contributed by atoms with Gasteiger partial charge in [-0.05, 0) is 41.5 Å². The van der Waals surface area contributed by atoms with E-state index < -0.39 is 0 Å². The third-order valence-corrected chi connectivity index (χ3v) is 4.44. The van der Waals surface area contributed by atoms with Crippen LogP contribution in [0.15, 0.2) is 70.3 Å². The van der Waals surface area contributed by atoms with Gasteiger partial charge in [0, 0.05) is 41.7 Å². The first-order chi connectivity index (χ1) is 14.3. The van der Waals surface area contributed by atoms with Crippen molar-refractivity contribution in [2.45, 2.75) is 20.8 Å². The quantitative estimate of drug-likeness (QED) is 0.266. The Hall–Kier alpha value is -3.93. The molecule has 0 aromatic heterocycles. The summed E-state index contributed by atoms with van der Waals surface area (Å²) in [6, 6.07) is 11.8. The molecule has 0 aliphatic carbocycles. The highest BCUT2D eigenvalue weighted by Gasteiger charge is 2.23. The zero-order valence-electron chi connectivity index (χ0n) is 17.6. The van der Waals surface area contributed by atoms with Gasteiger partial charge < -0.3 is 9.64 Å². The number of hydrogen-bond donors (Lipinski definition) is 0. The molecule has 0 saturated carbocycles. The van der Waals surface area contributed by atoms with Crippen LogP contribution in [0.4, 0.5) is 5.69 Å². The topological polar surface area (TPSA) is 109 Å². The van der Waals surface area contributed by atoms with Crippen LogP contribution in [0.25, 0.3) is 16.5 Å². The number of ether oxygens (including phenoxy) is 1. The first-order valence-corrected chi connectivity index (χ1v) is 9.45. The summed E-state index contributed by atoms with van der Waals surface area (Å²) in [7, 11) is 1.94. The normalized spacial score (nSPS) is 13.3. The van der Waals surface area contributed by atoms with E-state index in [-0.39, 0.29) is 11.0 Å². The summed E-state index contributed by atoms with van der Waals surface area (Å²) < 4.78 is 5.99. The summed E-state index contributed by atoms with van der Waals surface area (Å²) in [6.07, 6.45) is 7.19. The Balaban J connectivity index is 2.22. The fourth-order valence-electron chi connectivity index (χ4n) is 2.66. The van der Waals surface area contributed by atoms with Gasteiger partial charge in [-0.25, -0.2) is 0 Å². The van der Waals surface area contributed by atoms with Crippen LogP contribution in [0.5, 0.6) is 0 Å². The van der Waals surface area contributed by atoms with Crippen LogP contribution in [-0.2, 0) is 4.74 Å². The number of nitrogens with zero attached hydrogens (tertiary/aromatic N) is 6. The molecule has 7 heteroatoms. The maximum atomic E-state index is 9.23. The van der Waals surface area contributed by atoms with Gasteiger partial charge in [0.25, 0.3) is 0 Å². The molecular formula is C23H24N6O. The van der Waals surface area contributed by atoms with Crippen molar-refractivity contribution in [2.24, 2.45) is 10.5 Å². The summed E-state index contributed by atoms with van der Waals surface area (Å²) in [6.45, 7) is 7.08. The number of anilines is 1.